The molecule has 2 aromatic rings. The van der Waals surface area contributed by atoms with Gasteiger partial charge in [-0.25, -0.2) is 4.98 Å². The first-order valence-electron chi connectivity index (χ1n) is 7.10. The van der Waals surface area contributed by atoms with Crippen molar-refractivity contribution in [3.05, 3.63) is 29.8 Å². The van der Waals surface area contributed by atoms with Gasteiger partial charge in [-0.1, -0.05) is 33.1 Å². The van der Waals surface area contributed by atoms with Crippen LogP contribution in [0.2, 0.25) is 0 Å². The van der Waals surface area contributed by atoms with Crippen molar-refractivity contribution < 1.29 is 4.74 Å². The summed E-state index contributed by atoms with van der Waals surface area (Å²) >= 11 is 0. The molecule has 20 heavy (non-hydrogen) atoms. The van der Waals surface area contributed by atoms with Crippen molar-refractivity contribution in [3.8, 4) is 5.88 Å². The van der Waals surface area contributed by atoms with Crippen LogP contribution in [0.1, 0.15) is 32.3 Å². The topological polar surface area (TPSA) is 22.1 Å². The highest BCUT2D eigenvalue weighted by atomic mass is 31.2. The second-order valence-electron chi connectivity index (χ2n) is 5.99. The van der Waals surface area contributed by atoms with Crippen LogP contribution < -0.4 is 10.0 Å². The van der Waals surface area contributed by atoms with E-state index in [1.54, 1.807) is 0 Å². The van der Waals surface area contributed by atoms with Crippen molar-refractivity contribution in [3.63, 3.8) is 0 Å². The van der Waals surface area contributed by atoms with E-state index in [1.807, 2.05) is 13.0 Å². The van der Waals surface area contributed by atoms with Gasteiger partial charge >= 0.3 is 0 Å². The van der Waals surface area contributed by atoms with Crippen LogP contribution in [0, 0.1) is 0 Å². The minimum absolute atomic E-state index is 0.502. The van der Waals surface area contributed by atoms with Crippen LogP contribution in [0.3, 0.4) is 0 Å². The molecule has 2 nitrogen and oxygen atoms in total. The molecule has 0 aliphatic carbocycles. The number of nitrogens with zero attached hydrogens (tertiary/aromatic N) is 1. The lowest BCUT2D eigenvalue weighted by molar-refractivity contribution is 0.328. The zero-order valence-corrected chi connectivity index (χ0v) is 14.0. The first-order chi connectivity index (χ1) is 9.34. The summed E-state index contributed by atoms with van der Waals surface area (Å²) in [7, 11) is 0. The molecule has 0 atom stereocenters. The molecule has 3 heteroatoms. The van der Waals surface area contributed by atoms with Crippen LogP contribution in [0.15, 0.2) is 24.3 Å². The van der Waals surface area contributed by atoms with Gasteiger partial charge in [0.2, 0.25) is 5.88 Å². The zero-order valence-electron chi connectivity index (χ0n) is 13.1. The minimum Gasteiger partial charge on any atom is -0.478 e. The molecule has 1 aromatic heterocycles. The average Bonchev–Trinajstić information content (AvgIpc) is 2.36. The highest BCUT2D eigenvalue weighted by molar-refractivity contribution is 7.79. The minimum atomic E-state index is -1.37. The fourth-order valence-electron chi connectivity index (χ4n) is 2.56. The highest BCUT2D eigenvalue weighted by Gasteiger charge is 2.17. The van der Waals surface area contributed by atoms with Gasteiger partial charge < -0.3 is 4.74 Å². The van der Waals surface area contributed by atoms with Crippen LogP contribution in [0.5, 0.6) is 5.88 Å². The monoisotopic (exact) mass is 289 g/mol. The number of hydrogen-bond acceptors (Lipinski definition) is 2. The molecule has 0 aliphatic heterocycles. The number of pyridine rings is 1. The van der Waals surface area contributed by atoms with Gasteiger partial charge in [0.25, 0.3) is 0 Å². The number of rotatable bonds is 4. The van der Waals surface area contributed by atoms with Gasteiger partial charge in [-0.2, -0.15) is 0 Å². The SMILES string of the molecule is C=P(C)(C)c1c(C(C)C)ccc2nc(OCC)ccc12. The summed E-state index contributed by atoms with van der Waals surface area (Å²) in [6, 6.07) is 8.42. The molecule has 1 aromatic carbocycles. The van der Waals surface area contributed by atoms with Crippen LogP contribution in [0.4, 0.5) is 0 Å². The van der Waals surface area contributed by atoms with Crippen molar-refractivity contribution in [1.29, 1.82) is 0 Å². The zero-order chi connectivity index (χ0) is 14.9. The van der Waals surface area contributed by atoms with Crippen molar-refractivity contribution in [2.45, 2.75) is 26.7 Å². The van der Waals surface area contributed by atoms with Gasteiger partial charge in [-0.05, 0) is 49.2 Å². The molecule has 0 radical (unpaired) electrons. The molecule has 0 saturated heterocycles. The van der Waals surface area contributed by atoms with E-state index in [0.717, 1.165) is 5.52 Å². The summed E-state index contributed by atoms with van der Waals surface area (Å²) in [6.07, 6.45) is 4.44. The maximum Gasteiger partial charge on any atom is 0.213 e. The Kier molecular flexibility index (Phi) is 4.25. The first kappa shape index (κ1) is 15.1. The number of ether oxygens (including phenoxy) is 1. The van der Waals surface area contributed by atoms with E-state index >= 15 is 0 Å². The fourth-order valence-corrected chi connectivity index (χ4v) is 4.43. The van der Waals surface area contributed by atoms with Gasteiger partial charge in [0, 0.05) is 11.5 Å². The molecule has 0 amide bonds. The van der Waals surface area contributed by atoms with Crippen molar-refractivity contribution in [2.24, 2.45) is 0 Å². The third-order valence-corrected chi connectivity index (χ3v) is 5.08. The molecule has 0 saturated carbocycles. The Morgan fingerprint density at radius 3 is 2.45 bits per heavy atom. The Morgan fingerprint density at radius 2 is 1.90 bits per heavy atom. The van der Waals surface area contributed by atoms with Gasteiger partial charge in [0.15, 0.2) is 0 Å². The Bertz CT molecular complexity index is 670. The third kappa shape index (κ3) is 2.91. The maximum atomic E-state index is 5.50. The smallest absolute Gasteiger partial charge is 0.213 e. The van der Waals surface area contributed by atoms with E-state index in [4.69, 9.17) is 4.74 Å². The largest absolute Gasteiger partial charge is 0.478 e. The lowest BCUT2D eigenvalue weighted by Crippen LogP contribution is -2.14. The Morgan fingerprint density at radius 1 is 1.20 bits per heavy atom. The van der Waals surface area contributed by atoms with Crippen LogP contribution in [-0.4, -0.2) is 31.2 Å². The van der Waals surface area contributed by atoms with E-state index in [0.29, 0.717) is 18.4 Å². The van der Waals surface area contributed by atoms with Crippen LogP contribution in [-0.2, 0) is 0 Å². The van der Waals surface area contributed by atoms with E-state index in [2.05, 4.69) is 56.7 Å². The normalized spacial score (nSPS) is 12.1. The van der Waals surface area contributed by atoms with E-state index in [-0.39, 0.29) is 0 Å². The van der Waals surface area contributed by atoms with Gasteiger partial charge in [-0.3, -0.25) is 0 Å². The predicted octanol–water partition coefficient (Wildman–Crippen LogP) is 4.09. The molecular weight excluding hydrogens is 265 g/mol. The molecule has 0 unspecified atom stereocenters. The average molecular weight is 289 g/mol. The number of hydrogen-bond donors (Lipinski definition) is 0. The fraction of sp³-hybridized carbons (Fsp3) is 0.412. The molecule has 1 heterocycles. The van der Waals surface area contributed by atoms with E-state index in [1.165, 1.54) is 16.3 Å². The summed E-state index contributed by atoms with van der Waals surface area (Å²) in [5, 5.41) is 2.63. The van der Waals surface area contributed by atoms with Crippen molar-refractivity contribution in [1.82, 2.24) is 4.98 Å². The molecular formula is C17H24NOP. The molecule has 0 aliphatic rings. The van der Waals surface area contributed by atoms with Crippen LogP contribution in [0.25, 0.3) is 10.9 Å². The summed E-state index contributed by atoms with van der Waals surface area (Å²) in [4.78, 5) is 4.61. The van der Waals surface area contributed by atoms with Gasteiger partial charge in [0.1, 0.15) is 0 Å². The van der Waals surface area contributed by atoms with Gasteiger partial charge in [-0.15, -0.1) is 0 Å². The van der Waals surface area contributed by atoms with Crippen molar-refractivity contribution in [2.75, 3.05) is 19.9 Å². The Balaban J connectivity index is 2.75. The molecule has 0 N–H and O–H groups in total. The second-order valence-corrected chi connectivity index (χ2v) is 9.81. The summed E-state index contributed by atoms with van der Waals surface area (Å²) in [6.45, 7) is 10.3. The molecule has 2 rings (SSSR count). The van der Waals surface area contributed by atoms with Crippen molar-refractivity contribution >= 4 is 29.4 Å². The molecule has 0 fully saturated rings. The quantitative estimate of drug-likeness (QED) is 0.791. The molecule has 0 bridgehead atoms. The van der Waals surface area contributed by atoms with E-state index < -0.39 is 6.89 Å². The Labute approximate surface area is 122 Å². The van der Waals surface area contributed by atoms with E-state index in [9.17, 15) is 0 Å². The molecule has 0 spiro atoms. The number of fused-ring (bicyclic) bond motifs is 1. The summed E-state index contributed by atoms with van der Waals surface area (Å²) < 4.78 is 5.50. The highest BCUT2D eigenvalue weighted by Crippen LogP contribution is 2.40. The Hall–Kier alpha value is -1.27. The first-order valence-corrected chi connectivity index (χ1v) is 9.96. The number of aromatic nitrogens is 1. The van der Waals surface area contributed by atoms with Crippen LogP contribution >= 0.6 is 6.89 Å². The summed E-state index contributed by atoms with van der Waals surface area (Å²) in [5.41, 5.74) is 2.41. The standard InChI is InChI=1S/C17H24NOP/c1-7-19-16-11-9-14-15(18-16)10-8-13(12(2)3)17(14)20(4,5)6/h8-12H,4,7H2,1-3,5-6H3. The number of benzene rings is 1. The predicted molar refractivity (Wildman–Crippen MR) is 92.5 cm³/mol. The molecule has 108 valence electrons. The lowest BCUT2D eigenvalue weighted by Gasteiger charge is -2.23. The lowest BCUT2D eigenvalue weighted by atomic mass is 10.0. The maximum absolute atomic E-state index is 5.50. The third-order valence-electron chi connectivity index (χ3n) is 3.37. The summed E-state index contributed by atoms with van der Waals surface area (Å²) in [5.74, 6) is 1.20. The second kappa shape index (κ2) is 5.61. The van der Waals surface area contributed by atoms with Gasteiger partial charge in [0.05, 0.1) is 12.1 Å².